The van der Waals surface area contributed by atoms with Crippen LogP contribution >= 0.6 is 0 Å². The molecule has 0 aliphatic carbocycles. The van der Waals surface area contributed by atoms with Gasteiger partial charge in [-0.2, -0.15) is 0 Å². The molecule has 0 spiro atoms. The number of para-hydroxylation sites is 1. The lowest BCUT2D eigenvalue weighted by Crippen LogP contribution is -2.37. The quantitative estimate of drug-likeness (QED) is 0.632. The summed E-state index contributed by atoms with van der Waals surface area (Å²) >= 11 is 0. The molecule has 29 heavy (non-hydrogen) atoms. The van der Waals surface area contributed by atoms with Crippen LogP contribution in [0.15, 0.2) is 72.8 Å². The Bertz CT molecular complexity index is 1040. The second-order valence-corrected chi connectivity index (χ2v) is 7.87. The van der Waals surface area contributed by atoms with Gasteiger partial charge in [0.2, 0.25) is 0 Å². The largest absolute Gasteiger partial charge is 0.508 e. The van der Waals surface area contributed by atoms with Crippen molar-refractivity contribution in [2.45, 2.75) is 31.3 Å². The number of phenols is 1. The summed E-state index contributed by atoms with van der Waals surface area (Å²) in [6.07, 6.45) is 3.37. The van der Waals surface area contributed by atoms with Crippen molar-refractivity contribution >= 4 is 11.6 Å². The Hall–Kier alpha value is -3.11. The summed E-state index contributed by atoms with van der Waals surface area (Å²) in [5.41, 5.74) is 5.02. The highest BCUT2D eigenvalue weighted by atomic mass is 16.3. The third kappa shape index (κ3) is 3.19. The molecule has 1 amide bonds. The highest BCUT2D eigenvalue weighted by molar-refractivity contribution is 6.07. The molecule has 3 aromatic rings. The SMILES string of the molecule is O=C1Nc2ccccc2C(N2CCCCC2c2ccc(O)cc2)c2ccccc21. The summed E-state index contributed by atoms with van der Waals surface area (Å²) in [4.78, 5) is 15.5. The maximum absolute atomic E-state index is 12.9. The minimum atomic E-state index is -0.0475. The van der Waals surface area contributed by atoms with E-state index in [1.807, 2.05) is 48.5 Å². The van der Waals surface area contributed by atoms with Crippen LogP contribution in [-0.4, -0.2) is 22.5 Å². The number of likely N-dealkylation sites (tertiary alicyclic amines) is 1. The number of amides is 1. The van der Waals surface area contributed by atoms with E-state index in [4.69, 9.17) is 0 Å². The summed E-state index contributed by atoms with van der Waals surface area (Å²) < 4.78 is 0. The number of carbonyl (C=O) groups is 1. The minimum Gasteiger partial charge on any atom is -0.508 e. The monoisotopic (exact) mass is 384 g/mol. The lowest BCUT2D eigenvalue weighted by Gasteiger charge is -2.42. The first-order chi connectivity index (χ1) is 14.2. The van der Waals surface area contributed by atoms with Crippen molar-refractivity contribution in [1.82, 2.24) is 4.90 Å². The van der Waals surface area contributed by atoms with E-state index in [2.05, 4.69) is 22.3 Å². The molecule has 5 rings (SSSR count). The average Bonchev–Trinajstić information content (AvgIpc) is 2.88. The number of anilines is 1. The molecular weight excluding hydrogens is 360 g/mol. The van der Waals surface area contributed by atoms with Crippen LogP contribution in [0.25, 0.3) is 0 Å². The molecule has 0 radical (unpaired) electrons. The highest BCUT2D eigenvalue weighted by Crippen LogP contribution is 2.44. The van der Waals surface area contributed by atoms with Crippen LogP contribution in [0.5, 0.6) is 5.75 Å². The van der Waals surface area contributed by atoms with E-state index >= 15 is 0 Å². The molecule has 1 fully saturated rings. The zero-order valence-electron chi connectivity index (χ0n) is 16.2. The molecule has 4 nitrogen and oxygen atoms in total. The number of carbonyl (C=O) groups excluding carboxylic acids is 1. The molecule has 0 bridgehead atoms. The van der Waals surface area contributed by atoms with Gasteiger partial charge in [0, 0.05) is 17.3 Å². The van der Waals surface area contributed by atoms with Gasteiger partial charge in [-0.15, -0.1) is 0 Å². The zero-order valence-corrected chi connectivity index (χ0v) is 16.2. The Morgan fingerprint density at radius 1 is 0.862 bits per heavy atom. The third-order valence-corrected chi connectivity index (χ3v) is 6.16. The van der Waals surface area contributed by atoms with Crippen LogP contribution in [0.1, 0.15) is 58.4 Å². The van der Waals surface area contributed by atoms with Crippen molar-refractivity contribution in [2.75, 3.05) is 11.9 Å². The van der Waals surface area contributed by atoms with Crippen LogP contribution in [-0.2, 0) is 0 Å². The maximum Gasteiger partial charge on any atom is 0.256 e. The number of phenolic OH excluding ortho intramolecular Hbond substituents is 1. The Kier molecular flexibility index (Phi) is 4.57. The lowest BCUT2D eigenvalue weighted by molar-refractivity contribution is 0.101. The fraction of sp³-hybridized carbons (Fsp3) is 0.240. The van der Waals surface area contributed by atoms with Gasteiger partial charge in [-0.1, -0.05) is 55.0 Å². The number of piperidine rings is 1. The Labute approximate surface area is 170 Å². The van der Waals surface area contributed by atoms with E-state index in [0.29, 0.717) is 0 Å². The predicted molar refractivity (Wildman–Crippen MR) is 114 cm³/mol. The summed E-state index contributed by atoms with van der Waals surface area (Å²) in [6, 6.07) is 23.9. The third-order valence-electron chi connectivity index (χ3n) is 6.16. The van der Waals surface area contributed by atoms with Gasteiger partial charge in [-0.25, -0.2) is 0 Å². The smallest absolute Gasteiger partial charge is 0.256 e. The normalized spacial score (nSPS) is 21.6. The van der Waals surface area contributed by atoms with Crippen LogP contribution in [0.2, 0.25) is 0 Å². The number of aromatic hydroxyl groups is 1. The molecule has 2 N–H and O–H groups in total. The number of nitrogens with one attached hydrogen (secondary N) is 1. The number of benzene rings is 3. The number of hydrogen-bond acceptors (Lipinski definition) is 3. The van der Waals surface area contributed by atoms with Gasteiger partial charge in [0.15, 0.2) is 0 Å². The molecule has 2 aliphatic rings. The van der Waals surface area contributed by atoms with Crippen molar-refractivity contribution in [3.63, 3.8) is 0 Å². The zero-order chi connectivity index (χ0) is 19.8. The molecule has 0 aromatic heterocycles. The maximum atomic E-state index is 12.9. The Morgan fingerprint density at radius 3 is 2.41 bits per heavy atom. The van der Waals surface area contributed by atoms with Crippen molar-refractivity contribution in [1.29, 1.82) is 0 Å². The second-order valence-electron chi connectivity index (χ2n) is 7.87. The topological polar surface area (TPSA) is 52.6 Å². The van der Waals surface area contributed by atoms with Crippen LogP contribution in [0.3, 0.4) is 0 Å². The molecule has 4 heteroatoms. The van der Waals surface area contributed by atoms with Crippen molar-refractivity contribution in [3.8, 4) is 5.75 Å². The van der Waals surface area contributed by atoms with E-state index in [0.717, 1.165) is 41.8 Å². The number of nitrogens with zero attached hydrogens (tertiary/aromatic N) is 1. The number of rotatable bonds is 2. The standard InChI is InChI=1S/C25H24N2O2/c28-18-14-12-17(13-15-18)23-11-5-6-16-27(23)24-19-7-1-2-8-20(19)25(29)26-22-10-4-3-9-21(22)24/h1-4,7-10,12-15,23-24,28H,5-6,11,16H2,(H,26,29). The van der Waals surface area contributed by atoms with Gasteiger partial charge < -0.3 is 10.4 Å². The molecule has 2 unspecified atom stereocenters. The second kappa shape index (κ2) is 7.37. The van der Waals surface area contributed by atoms with Crippen LogP contribution < -0.4 is 5.32 Å². The first-order valence-electron chi connectivity index (χ1n) is 10.3. The molecule has 1 saturated heterocycles. The average molecular weight is 384 g/mol. The minimum absolute atomic E-state index is 0.000420. The molecule has 0 saturated carbocycles. The van der Waals surface area contributed by atoms with Crippen LogP contribution in [0, 0.1) is 0 Å². The van der Waals surface area contributed by atoms with Gasteiger partial charge in [0.1, 0.15) is 5.75 Å². The Balaban J connectivity index is 1.67. The first-order valence-corrected chi connectivity index (χ1v) is 10.3. The molecule has 2 aliphatic heterocycles. The van der Waals surface area contributed by atoms with E-state index in [9.17, 15) is 9.90 Å². The van der Waals surface area contributed by atoms with Gasteiger partial charge in [0.05, 0.1) is 6.04 Å². The summed E-state index contributed by atoms with van der Waals surface area (Å²) in [5.74, 6) is 0.241. The van der Waals surface area contributed by atoms with Crippen molar-refractivity contribution in [3.05, 3.63) is 95.1 Å². The van der Waals surface area contributed by atoms with Gasteiger partial charge in [0.25, 0.3) is 5.91 Å². The van der Waals surface area contributed by atoms with Gasteiger partial charge in [-0.3, -0.25) is 9.69 Å². The van der Waals surface area contributed by atoms with E-state index in [1.165, 1.54) is 12.0 Å². The van der Waals surface area contributed by atoms with E-state index < -0.39 is 0 Å². The summed E-state index contributed by atoms with van der Waals surface area (Å²) in [6.45, 7) is 0.965. The molecule has 2 heterocycles. The summed E-state index contributed by atoms with van der Waals surface area (Å²) in [7, 11) is 0. The lowest BCUT2D eigenvalue weighted by atomic mass is 9.87. The number of hydrogen-bond donors (Lipinski definition) is 2. The molecule has 2 atom stereocenters. The number of fused-ring (bicyclic) bond motifs is 2. The van der Waals surface area contributed by atoms with Crippen molar-refractivity contribution in [2.24, 2.45) is 0 Å². The van der Waals surface area contributed by atoms with Crippen LogP contribution in [0.4, 0.5) is 5.69 Å². The van der Waals surface area contributed by atoms with E-state index in [1.54, 1.807) is 12.1 Å². The van der Waals surface area contributed by atoms with Crippen molar-refractivity contribution < 1.29 is 9.90 Å². The highest BCUT2D eigenvalue weighted by Gasteiger charge is 2.36. The van der Waals surface area contributed by atoms with E-state index in [-0.39, 0.29) is 23.7 Å². The molecule has 3 aromatic carbocycles. The fourth-order valence-electron chi connectivity index (χ4n) is 4.82. The van der Waals surface area contributed by atoms with Gasteiger partial charge >= 0.3 is 0 Å². The Morgan fingerprint density at radius 2 is 1.59 bits per heavy atom. The molecule has 146 valence electrons. The summed E-state index contributed by atoms with van der Waals surface area (Å²) in [5, 5.41) is 12.8. The fourth-order valence-corrected chi connectivity index (χ4v) is 4.82. The first kappa shape index (κ1) is 18.0. The van der Waals surface area contributed by atoms with Gasteiger partial charge in [-0.05, 0) is 60.3 Å². The molecular formula is C25H24N2O2. The predicted octanol–water partition coefficient (Wildman–Crippen LogP) is 5.27.